The summed E-state index contributed by atoms with van der Waals surface area (Å²) in [6.07, 6.45) is 3.37. The molecule has 0 aromatic carbocycles. The molecule has 1 unspecified atom stereocenters. The van der Waals surface area contributed by atoms with Gasteiger partial charge in [0.25, 0.3) is 0 Å². The first kappa shape index (κ1) is 15.9. The summed E-state index contributed by atoms with van der Waals surface area (Å²) in [5, 5.41) is 0. The number of rotatable bonds is 6. The van der Waals surface area contributed by atoms with E-state index >= 15 is 0 Å². The Hall–Kier alpha value is -0.180. The molecule has 1 N–H and O–H groups in total. The van der Waals surface area contributed by atoms with Crippen LogP contribution in [-0.4, -0.2) is 52.8 Å². The number of nitrogens with one attached hydrogen (secondary N) is 1. The summed E-state index contributed by atoms with van der Waals surface area (Å²) in [5.74, 6) is 0.235. The average molecular weight is 298 g/mol. The van der Waals surface area contributed by atoms with Crippen molar-refractivity contribution in [3.8, 4) is 0 Å². The minimum atomic E-state index is -3.20. The van der Waals surface area contributed by atoms with E-state index < -0.39 is 20.0 Å². The lowest BCUT2D eigenvalue weighted by Crippen LogP contribution is -2.44. The van der Waals surface area contributed by atoms with Crippen molar-refractivity contribution in [1.29, 1.82) is 0 Å². The van der Waals surface area contributed by atoms with Gasteiger partial charge >= 0.3 is 0 Å². The number of piperidine rings is 1. The van der Waals surface area contributed by atoms with E-state index in [1.165, 1.54) is 4.31 Å². The first-order chi connectivity index (χ1) is 8.24. The molecular weight excluding hydrogens is 276 g/mol. The molecule has 0 aromatic heterocycles. The van der Waals surface area contributed by atoms with Gasteiger partial charge in [0.2, 0.25) is 20.0 Å². The highest BCUT2D eigenvalue weighted by Crippen LogP contribution is 2.19. The zero-order valence-corrected chi connectivity index (χ0v) is 12.6. The minimum absolute atomic E-state index is 0.0695. The molecule has 18 heavy (non-hydrogen) atoms. The molecule has 1 fully saturated rings. The largest absolute Gasteiger partial charge is 0.215 e. The lowest BCUT2D eigenvalue weighted by Gasteiger charge is -2.31. The van der Waals surface area contributed by atoms with Crippen molar-refractivity contribution in [2.45, 2.75) is 26.2 Å². The first-order valence-electron chi connectivity index (χ1n) is 6.17. The number of hydrogen-bond donors (Lipinski definition) is 1. The summed E-state index contributed by atoms with van der Waals surface area (Å²) in [6.45, 7) is 3.13. The van der Waals surface area contributed by atoms with Crippen molar-refractivity contribution in [2.24, 2.45) is 5.92 Å². The highest BCUT2D eigenvalue weighted by molar-refractivity contribution is 7.89. The summed E-state index contributed by atoms with van der Waals surface area (Å²) in [4.78, 5) is 0. The van der Waals surface area contributed by atoms with Crippen molar-refractivity contribution < 1.29 is 16.8 Å². The first-order valence-corrected chi connectivity index (χ1v) is 9.67. The molecule has 6 nitrogen and oxygen atoms in total. The number of nitrogens with zero attached hydrogens (tertiary/aromatic N) is 1. The maximum Gasteiger partial charge on any atom is 0.214 e. The van der Waals surface area contributed by atoms with E-state index in [0.29, 0.717) is 26.1 Å². The van der Waals surface area contributed by atoms with Gasteiger partial charge in [-0.2, -0.15) is 0 Å². The van der Waals surface area contributed by atoms with Crippen LogP contribution in [0, 0.1) is 5.92 Å². The average Bonchev–Trinajstić information content (AvgIpc) is 2.26. The van der Waals surface area contributed by atoms with Crippen LogP contribution in [0.15, 0.2) is 0 Å². The topological polar surface area (TPSA) is 83.6 Å². The zero-order chi connectivity index (χ0) is 13.8. The van der Waals surface area contributed by atoms with E-state index in [1.807, 2.05) is 6.92 Å². The van der Waals surface area contributed by atoms with Crippen molar-refractivity contribution in [2.75, 3.05) is 31.6 Å². The molecule has 1 saturated heterocycles. The summed E-state index contributed by atoms with van der Waals surface area (Å²) in [7, 11) is -6.37. The fraction of sp³-hybridized carbons (Fsp3) is 1.00. The standard InChI is InChI=1S/C10H22N2O4S2/c1-3-7-18(15,16)12-6-4-5-10(9-12)8-11-17(2,13)14/h10-11H,3-9H2,1-2H3. The third-order valence-corrected chi connectivity index (χ3v) is 5.71. The van der Waals surface area contributed by atoms with E-state index in [4.69, 9.17) is 0 Å². The Bertz CT molecular complexity index is 458. The van der Waals surface area contributed by atoms with E-state index in [9.17, 15) is 16.8 Å². The molecule has 0 amide bonds. The van der Waals surface area contributed by atoms with E-state index in [-0.39, 0.29) is 11.7 Å². The molecular formula is C10H22N2O4S2. The Morgan fingerprint density at radius 3 is 2.50 bits per heavy atom. The Kier molecular flexibility index (Phi) is 5.57. The SMILES string of the molecule is CCCS(=O)(=O)N1CCCC(CNS(C)(=O)=O)C1. The predicted octanol–water partition coefficient (Wildman–Crippen LogP) is -0.0126. The van der Waals surface area contributed by atoms with E-state index in [0.717, 1.165) is 19.1 Å². The molecule has 0 aliphatic carbocycles. The quantitative estimate of drug-likeness (QED) is 0.747. The van der Waals surface area contributed by atoms with Crippen LogP contribution in [0.2, 0.25) is 0 Å². The molecule has 1 heterocycles. The van der Waals surface area contributed by atoms with Crippen LogP contribution >= 0.6 is 0 Å². The predicted molar refractivity (Wildman–Crippen MR) is 71.2 cm³/mol. The van der Waals surface area contributed by atoms with Gasteiger partial charge in [0.15, 0.2) is 0 Å². The monoisotopic (exact) mass is 298 g/mol. The molecule has 1 aliphatic rings. The summed E-state index contributed by atoms with van der Waals surface area (Å²) >= 11 is 0. The van der Waals surface area contributed by atoms with Gasteiger partial charge in [-0.3, -0.25) is 0 Å². The van der Waals surface area contributed by atoms with Crippen LogP contribution in [0.25, 0.3) is 0 Å². The van der Waals surface area contributed by atoms with Gasteiger partial charge in [-0.15, -0.1) is 0 Å². The Balaban J connectivity index is 2.56. The van der Waals surface area contributed by atoms with Gasteiger partial charge < -0.3 is 0 Å². The van der Waals surface area contributed by atoms with Crippen LogP contribution in [-0.2, 0) is 20.0 Å². The molecule has 8 heteroatoms. The number of hydrogen-bond acceptors (Lipinski definition) is 4. The fourth-order valence-electron chi connectivity index (χ4n) is 2.10. The van der Waals surface area contributed by atoms with Crippen LogP contribution < -0.4 is 4.72 Å². The van der Waals surface area contributed by atoms with Crippen LogP contribution in [0.4, 0.5) is 0 Å². The van der Waals surface area contributed by atoms with E-state index in [2.05, 4.69) is 4.72 Å². The molecule has 1 atom stereocenters. The fourth-order valence-corrected chi connectivity index (χ4v) is 4.26. The molecule has 0 bridgehead atoms. The van der Waals surface area contributed by atoms with Crippen LogP contribution in [0.3, 0.4) is 0 Å². The molecule has 1 rings (SSSR count). The Morgan fingerprint density at radius 1 is 1.28 bits per heavy atom. The number of sulfonamides is 2. The Labute approximate surface area is 110 Å². The van der Waals surface area contributed by atoms with Crippen molar-refractivity contribution in [3.63, 3.8) is 0 Å². The highest BCUT2D eigenvalue weighted by Gasteiger charge is 2.28. The molecule has 0 aromatic rings. The maximum atomic E-state index is 11.9. The van der Waals surface area contributed by atoms with Gasteiger partial charge in [0, 0.05) is 19.6 Å². The van der Waals surface area contributed by atoms with Gasteiger partial charge in [-0.05, 0) is 25.2 Å². The van der Waals surface area contributed by atoms with Crippen molar-refractivity contribution >= 4 is 20.0 Å². The zero-order valence-electron chi connectivity index (χ0n) is 10.9. The lowest BCUT2D eigenvalue weighted by molar-refractivity contribution is 0.267. The Morgan fingerprint density at radius 2 is 1.94 bits per heavy atom. The molecule has 0 saturated carbocycles. The molecule has 0 radical (unpaired) electrons. The summed E-state index contributed by atoms with van der Waals surface area (Å²) in [5.41, 5.74) is 0. The van der Waals surface area contributed by atoms with Gasteiger partial charge in [0.05, 0.1) is 12.0 Å². The lowest BCUT2D eigenvalue weighted by atomic mass is 10.0. The third-order valence-electron chi connectivity index (χ3n) is 2.97. The van der Waals surface area contributed by atoms with Gasteiger partial charge in [-0.1, -0.05) is 6.92 Å². The second-order valence-corrected chi connectivity index (χ2v) is 8.72. The van der Waals surface area contributed by atoms with Gasteiger partial charge in [0.1, 0.15) is 0 Å². The minimum Gasteiger partial charge on any atom is -0.215 e. The second kappa shape index (κ2) is 6.31. The smallest absolute Gasteiger partial charge is 0.214 e. The molecule has 0 spiro atoms. The normalized spacial score (nSPS) is 23.1. The van der Waals surface area contributed by atoms with Crippen LogP contribution in [0.1, 0.15) is 26.2 Å². The van der Waals surface area contributed by atoms with Crippen molar-refractivity contribution in [1.82, 2.24) is 9.03 Å². The maximum absolute atomic E-state index is 11.9. The van der Waals surface area contributed by atoms with E-state index in [1.54, 1.807) is 0 Å². The van der Waals surface area contributed by atoms with Gasteiger partial charge in [-0.25, -0.2) is 25.9 Å². The van der Waals surface area contributed by atoms with Crippen LogP contribution in [0.5, 0.6) is 0 Å². The summed E-state index contributed by atoms with van der Waals surface area (Å²) in [6, 6.07) is 0. The molecule has 108 valence electrons. The summed E-state index contributed by atoms with van der Waals surface area (Å²) < 4.78 is 49.8. The van der Waals surface area contributed by atoms with Crippen molar-refractivity contribution in [3.05, 3.63) is 0 Å². The third kappa shape index (κ3) is 5.21. The highest BCUT2D eigenvalue weighted by atomic mass is 32.2. The molecule has 1 aliphatic heterocycles. The second-order valence-electron chi connectivity index (χ2n) is 4.80.